The van der Waals surface area contributed by atoms with Crippen molar-refractivity contribution in [1.82, 2.24) is 4.31 Å². The lowest BCUT2D eigenvalue weighted by Gasteiger charge is -2.18. The van der Waals surface area contributed by atoms with E-state index in [0.717, 1.165) is 21.0 Å². The van der Waals surface area contributed by atoms with Crippen LogP contribution in [-0.2, 0) is 19.6 Å². The van der Waals surface area contributed by atoms with E-state index in [1.165, 1.54) is 31.3 Å². The van der Waals surface area contributed by atoms with Crippen LogP contribution in [0.5, 0.6) is 0 Å². The topological polar surface area (TPSA) is 92.8 Å². The van der Waals surface area contributed by atoms with Gasteiger partial charge >= 0.3 is 5.97 Å². The molecule has 0 radical (unpaired) electrons. The van der Waals surface area contributed by atoms with Crippen molar-refractivity contribution in [3.05, 3.63) is 58.7 Å². The summed E-state index contributed by atoms with van der Waals surface area (Å²) < 4.78 is 31.3. The molecule has 1 N–H and O–H groups in total. The van der Waals surface area contributed by atoms with Gasteiger partial charge in [-0.25, -0.2) is 13.2 Å². The largest absolute Gasteiger partial charge is 0.462 e. The third kappa shape index (κ3) is 5.42. The summed E-state index contributed by atoms with van der Waals surface area (Å²) in [7, 11) is -2.55. The average Bonchev–Trinajstić information content (AvgIpc) is 2.65. The Hall–Kier alpha value is -2.71. The highest BCUT2D eigenvalue weighted by Gasteiger charge is 2.24. The van der Waals surface area contributed by atoms with Gasteiger partial charge in [0.25, 0.3) is 0 Å². The zero-order valence-corrected chi connectivity index (χ0v) is 18.1. The Morgan fingerprint density at radius 3 is 2.10 bits per heavy atom. The highest BCUT2D eigenvalue weighted by molar-refractivity contribution is 7.89. The van der Waals surface area contributed by atoms with E-state index < -0.39 is 21.9 Å². The average molecular weight is 419 g/mol. The van der Waals surface area contributed by atoms with E-state index in [1.54, 1.807) is 6.92 Å². The van der Waals surface area contributed by atoms with Gasteiger partial charge in [-0.2, -0.15) is 4.31 Å². The minimum absolute atomic E-state index is 0.0106. The first-order valence-corrected chi connectivity index (χ1v) is 10.6. The SMILES string of the molecule is CCOC(=O)c1ccc(S(=O)(=O)N(C)CC(=O)Nc2c(C)cc(C)cc2C)cc1. The van der Waals surface area contributed by atoms with Crippen LogP contribution in [0.4, 0.5) is 5.69 Å². The Bertz CT molecular complexity index is 991. The number of carbonyl (C=O) groups is 2. The number of ether oxygens (including phenoxy) is 1. The summed E-state index contributed by atoms with van der Waals surface area (Å²) in [6, 6.07) is 9.33. The molecule has 2 aromatic rings. The first-order valence-electron chi connectivity index (χ1n) is 9.17. The number of hydrogen-bond donors (Lipinski definition) is 1. The fourth-order valence-electron chi connectivity index (χ4n) is 3.00. The Morgan fingerprint density at radius 2 is 1.59 bits per heavy atom. The molecule has 0 aromatic heterocycles. The molecule has 0 bridgehead atoms. The smallest absolute Gasteiger partial charge is 0.338 e. The number of amides is 1. The number of nitrogens with one attached hydrogen (secondary N) is 1. The molecule has 2 aromatic carbocycles. The van der Waals surface area contributed by atoms with Crippen LogP contribution in [0, 0.1) is 20.8 Å². The molecule has 0 spiro atoms. The van der Waals surface area contributed by atoms with Crippen LogP contribution in [-0.4, -0.2) is 44.8 Å². The number of carbonyl (C=O) groups excluding carboxylic acids is 2. The molecule has 0 aliphatic heterocycles. The van der Waals surface area contributed by atoms with Gasteiger partial charge in [0, 0.05) is 12.7 Å². The van der Waals surface area contributed by atoms with Crippen molar-refractivity contribution >= 4 is 27.6 Å². The van der Waals surface area contributed by atoms with Crippen molar-refractivity contribution in [2.75, 3.05) is 25.5 Å². The normalized spacial score (nSPS) is 11.4. The number of hydrogen-bond acceptors (Lipinski definition) is 5. The number of anilines is 1. The number of benzene rings is 2. The molecule has 0 saturated carbocycles. The van der Waals surface area contributed by atoms with Gasteiger partial charge in [0.2, 0.25) is 15.9 Å². The minimum Gasteiger partial charge on any atom is -0.462 e. The summed E-state index contributed by atoms with van der Waals surface area (Å²) in [6.45, 7) is 7.34. The number of sulfonamides is 1. The lowest BCUT2D eigenvalue weighted by atomic mass is 10.1. The van der Waals surface area contributed by atoms with Crippen LogP contribution < -0.4 is 5.32 Å². The van der Waals surface area contributed by atoms with Gasteiger partial charge < -0.3 is 10.1 Å². The zero-order chi connectivity index (χ0) is 21.8. The van der Waals surface area contributed by atoms with Crippen molar-refractivity contribution in [3.8, 4) is 0 Å². The quantitative estimate of drug-likeness (QED) is 0.698. The molecule has 2 rings (SSSR count). The predicted octanol–water partition coefficient (Wildman–Crippen LogP) is 3.05. The predicted molar refractivity (Wildman–Crippen MR) is 111 cm³/mol. The van der Waals surface area contributed by atoms with Crippen molar-refractivity contribution in [3.63, 3.8) is 0 Å². The molecular formula is C21H26N2O5S. The molecule has 0 heterocycles. The number of aryl methyl sites for hydroxylation is 3. The van der Waals surface area contributed by atoms with E-state index in [1.807, 2.05) is 32.9 Å². The lowest BCUT2D eigenvalue weighted by molar-refractivity contribution is -0.116. The van der Waals surface area contributed by atoms with E-state index in [0.29, 0.717) is 5.69 Å². The molecule has 8 heteroatoms. The van der Waals surface area contributed by atoms with E-state index in [2.05, 4.69) is 5.32 Å². The second-order valence-electron chi connectivity index (χ2n) is 6.83. The third-order valence-corrected chi connectivity index (χ3v) is 6.20. The van der Waals surface area contributed by atoms with Crippen LogP contribution in [0.2, 0.25) is 0 Å². The second-order valence-corrected chi connectivity index (χ2v) is 8.87. The summed E-state index contributed by atoms with van der Waals surface area (Å²) >= 11 is 0. The molecule has 156 valence electrons. The summed E-state index contributed by atoms with van der Waals surface area (Å²) in [4.78, 5) is 24.1. The Balaban J connectivity index is 2.12. The molecule has 0 unspecified atom stereocenters. The maximum absolute atomic E-state index is 12.7. The monoisotopic (exact) mass is 418 g/mol. The lowest BCUT2D eigenvalue weighted by Crippen LogP contribution is -2.35. The summed E-state index contributed by atoms with van der Waals surface area (Å²) in [6.07, 6.45) is 0. The first kappa shape index (κ1) is 22.6. The number of nitrogens with zero attached hydrogens (tertiary/aromatic N) is 1. The van der Waals surface area contributed by atoms with E-state index in [9.17, 15) is 18.0 Å². The van der Waals surface area contributed by atoms with Gasteiger partial charge in [0.1, 0.15) is 0 Å². The minimum atomic E-state index is -3.89. The van der Waals surface area contributed by atoms with Crippen molar-refractivity contribution in [2.24, 2.45) is 0 Å². The second kappa shape index (κ2) is 9.19. The van der Waals surface area contributed by atoms with E-state index in [4.69, 9.17) is 4.74 Å². The molecule has 0 saturated heterocycles. The highest BCUT2D eigenvalue weighted by atomic mass is 32.2. The molecule has 0 atom stereocenters. The number of rotatable bonds is 7. The van der Waals surface area contributed by atoms with Crippen molar-refractivity contribution in [1.29, 1.82) is 0 Å². The maximum atomic E-state index is 12.7. The van der Waals surface area contributed by atoms with Crippen LogP contribution >= 0.6 is 0 Å². The first-order chi connectivity index (χ1) is 13.6. The standard InChI is InChI=1S/C21H26N2O5S/c1-6-28-21(25)17-7-9-18(10-8-17)29(26,27)23(5)13-19(24)22-20-15(3)11-14(2)12-16(20)4/h7-12H,6,13H2,1-5H3,(H,22,24). The molecule has 7 nitrogen and oxygen atoms in total. The molecule has 29 heavy (non-hydrogen) atoms. The van der Waals surface area contributed by atoms with Gasteiger partial charge in [0.15, 0.2) is 0 Å². The Morgan fingerprint density at radius 1 is 1.03 bits per heavy atom. The Labute approximate surface area is 171 Å². The van der Waals surface area contributed by atoms with Gasteiger partial charge in [-0.05, 0) is 63.1 Å². The maximum Gasteiger partial charge on any atom is 0.338 e. The van der Waals surface area contributed by atoms with E-state index >= 15 is 0 Å². The molecule has 1 amide bonds. The van der Waals surface area contributed by atoms with Gasteiger partial charge in [0.05, 0.1) is 23.6 Å². The number of likely N-dealkylation sites (N-methyl/N-ethyl adjacent to an activating group) is 1. The fourth-order valence-corrected chi connectivity index (χ4v) is 4.13. The van der Waals surface area contributed by atoms with Gasteiger partial charge in [-0.15, -0.1) is 0 Å². The molecular weight excluding hydrogens is 392 g/mol. The van der Waals surface area contributed by atoms with Gasteiger partial charge in [-0.1, -0.05) is 17.7 Å². The van der Waals surface area contributed by atoms with Crippen LogP contribution in [0.3, 0.4) is 0 Å². The summed E-state index contributed by atoms with van der Waals surface area (Å²) in [5.74, 6) is -0.956. The fraction of sp³-hybridized carbons (Fsp3) is 0.333. The Kier molecular flexibility index (Phi) is 7.16. The van der Waals surface area contributed by atoms with Crippen LogP contribution in [0.1, 0.15) is 34.0 Å². The molecule has 0 aliphatic carbocycles. The zero-order valence-electron chi connectivity index (χ0n) is 17.3. The van der Waals surface area contributed by atoms with Crippen LogP contribution in [0.25, 0.3) is 0 Å². The summed E-state index contributed by atoms with van der Waals surface area (Å²) in [5, 5.41) is 2.79. The van der Waals surface area contributed by atoms with Crippen molar-refractivity contribution in [2.45, 2.75) is 32.6 Å². The number of esters is 1. The molecule has 0 fully saturated rings. The van der Waals surface area contributed by atoms with Crippen LogP contribution in [0.15, 0.2) is 41.3 Å². The molecule has 0 aliphatic rings. The van der Waals surface area contributed by atoms with E-state index in [-0.39, 0.29) is 23.6 Å². The summed E-state index contributed by atoms with van der Waals surface area (Å²) in [5.41, 5.74) is 3.86. The highest BCUT2D eigenvalue weighted by Crippen LogP contribution is 2.22. The van der Waals surface area contributed by atoms with Crippen molar-refractivity contribution < 1.29 is 22.7 Å². The van der Waals surface area contributed by atoms with Gasteiger partial charge in [-0.3, -0.25) is 4.79 Å². The third-order valence-electron chi connectivity index (χ3n) is 4.38.